The zero-order chi connectivity index (χ0) is 15.7. The Kier molecular flexibility index (Phi) is 20.3. The third kappa shape index (κ3) is 31.3. The number of carbonyl (C=O) groups excluding carboxylic acids is 2. The topological polar surface area (TPSA) is 191 Å². The van der Waals surface area contributed by atoms with Crippen LogP contribution in [0.25, 0.3) is 0 Å². The molecule has 0 aliphatic rings. The Bertz CT molecular complexity index is 325. The summed E-state index contributed by atoms with van der Waals surface area (Å²) >= 11 is 0. The van der Waals surface area contributed by atoms with Gasteiger partial charge in [0.05, 0.1) is 19.4 Å². The first-order valence-electron chi connectivity index (χ1n) is 4.56. The van der Waals surface area contributed by atoms with Gasteiger partial charge >= 0.3 is 6.03 Å². The molecular weight excluding hydrogens is 256 g/mol. The van der Waals surface area contributed by atoms with Gasteiger partial charge in [-0.15, -0.1) is 10.2 Å². The summed E-state index contributed by atoms with van der Waals surface area (Å²) in [6, 6.07) is 0.743. The van der Waals surface area contributed by atoms with Crippen molar-refractivity contribution in [3.05, 3.63) is 24.4 Å². The molecule has 0 atom stereocenters. The van der Waals surface area contributed by atoms with Crippen LogP contribution in [0.1, 0.15) is 0 Å². The first kappa shape index (κ1) is 21.7. The highest BCUT2D eigenvalue weighted by Crippen LogP contribution is 1.83. The number of rotatable bonds is 2. The lowest BCUT2D eigenvalue weighted by Crippen LogP contribution is -2.18. The van der Waals surface area contributed by atoms with Crippen LogP contribution in [-0.4, -0.2) is 51.7 Å². The van der Waals surface area contributed by atoms with Gasteiger partial charge in [0, 0.05) is 6.07 Å². The fraction of sp³-hybridized carbons (Fsp3) is 0.222. The van der Waals surface area contributed by atoms with Crippen molar-refractivity contribution in [3.63, 3.8) is 0 Å². The Morgan fingerprint density at radius 1 is 1.26 bits per heavy atom. The number of nitrogens with two attached hydrogens (primary N) is 3. The summed E-state index contributed by atoms with van der Waals surface area (Å²) in [5.74, 6) is 0.398. The maximum absolute atomic E-state index is 9.00. The van der Waals surface area contributed by atoms with E-state index in [0.29, 0.717) is 11.4 Å². The molecule has 0 aliphatic carbocycles. The highest BCUT2D eigenvalue weighted by Gasteiger charge is 1.80. The van der Waals surface area contributed by atoms with E-state index in [4.69, 9.17) is 25.5 Å². The number of primary amides is 2. The quantitative estimate of drug-likeness (QED) is 0.375. The molecule has 0 radical (unpaired) electrons. The van der Waals surface area contributed by atoms with Crippen molar-refractivity contribution in [1.29, 1.82) is 0 Å². The molecule has 0 unspecified atom stereocenters. The number of urea groups is 1. The van der Waals surface area contributed by atoms with E-state index in [0.717, 1.165) is 0 Å². The predicted octanol–water partition coefficient (Wildman–Crippen LogP) is -2.18. The van der Waals surface area contributed by atoms with Gasteiger partial charge in [0.1, 0.15) is 12.6 Å². The molecule has 19 heavy (non-hydrogen) atoms. The Labute approximate surface area is 109 Å². The first-order valence-corrected chi connectivity index (χ1v) is 4.56. The van der Waals surface area contributed by atoms with Gasteiger partial charge in [-0.05, 0) is 10.8 Å². The summed E-state index contributed by atoms with van der Waals surface area (Å²) in [7, 11) is 0. The van der Waals surface area contributed by atoms with Gasteiger partial charge in [0.25, 0.3) is 0 Å². The van der Waals surface area contributed by atoms with Gasteiger partial charge in [-0.1, -0.05) is 6.58 Å². The minimum absolute atomic E-state index is 0.115. The van der Waals surface area contributed by atoms with Crippen LogP contribution in [0.2, 0.25) is 0 Å². The van der Waals surface area contributed by atoms with Crippen LogP contribution in [0.4, 0.5) is 10.6 Å². The molecule has 0 aliphatic heterocycles. The number of nitrogens with zero attached hydrogens (tertiary/aromatic N) is 3. The second-order valence-electron chi connectivity index (χ2n) is 2.51. The van der Waals surface area contributed by atoms with Crippen LogP contribution >= 0.6 is 0 Å². The highest BCUT2D eigenvalue weighted by atomic mass is 16.3. The van der Waals surface area contributed by atoms with E-state index < -0.39 is 6.03 Å². The third-order valence-electron chi connectivity index (χ3n) is 0.971. The summed E-state index contributed by atoms with van der Waals surface area (Å²) in [4.78, 5) is 17.0. The van der Waals surface area contributed by atoms with Crippen LogP contribution in [0, 0.1) is 0 Å². The zero-order valence-corrected chi connectivity index (χ0v) is 10.3. The van der Waals surface area contributed by atoms with Gasteiger partial charge in [-0.2, -0.15) is 0 Å². The normalized spacial score (nSPS) is 7.26. The highest BCUT2D eigenvalue weighted by molar-refractivity contribution is 5.69. The SMILES string of the molecule is C=C(CO)CO.C=O.NC(N)=O.Nc1ccnnn1. The van der Waals surface area contributed by atoms with E-state index in [1.807, 2.05) is 6.79 Å². The fourth-order valence-corrected chi connectivity index (χ4v) is 0.300. The second kappa shape index (κ2) is 17.8. The molecule has 0 saturated heterocycles. The molecule has 0 bridgehead atoms. The van der Waals surface area contributed by atoms with Crippen molar-refractivity contribution in [2.75, 3.05) is 18.9 Å². The van der Waals surface area contributed by atoms with E-state index in [1.165, 1.54) is 6.20 Å². The summed E-state index contributed by atoms with van der Waals surface area (Å²) in [5, 5.41) is 26.2. The van der Waals surface area contributed by atoms with E-state index in [9.17, 15) is 0 Å². The maximum Gasteiger partial charge on any atom is 0.309 e. The average molecular weight is 274 g/mol. The van der Waals surface area contributed by atoms with Crippen molar-refractivity contribution in [1.82, 2.24) is 15.4 Å². The minimum Gasteiger partial charge on any atom is -0.392 e. The standard InChI is InChI=1S/C4H8O2.C3H4N4.CH4N2O.CH2O/c1-4(2-5)3-6;4-3-1-2-5-7-6-3;2-1(3)4;1-2/h5-6H,1-3H2;1-2H,(H2,4,5,6);(H4,2,3,4);1H2. The van der Waals surface area contributed by atoms with Crippen molar-refractivity contribution >= 4 is 18.6 Å². The minimum atomic E-state index is -0.833. The van der Waals surface area contributed by atoms with E-state index >= 15 is 0 Å². The number of hydrogen-bond donors (Lipinski definition) is 5. The Hall–Kier alpha value is -2.59. The van der Waals surface area contributed by atoms with Gasteiger partial charge < -0.3 is 32.2 Å². The molecular formula is C9H18N6O4. The van der Waals surface area contributed by atoms with Gasteiger partial charge in [0.2, 0.25) is 0 Å². The number of nitrogen functional groups attached to an aromatic ring is 1. The molecule has 10 nitrogen and oxygen atoms in total. The number of carbonyl (C=O) groups is 2. The number of hydrogen-bond acceptors (Lipinski definition) is 8. The lowest BCUT2D eigenvalue weighted by molar-refractivity contribution is -0.0979. The van der Waals surface area contributed by atoms with Crippen molar-refractivity contribution < 1.29 is 19.8 Å². The van der Waals surface area contributed by atoms with Gasteiger partial charge in [-0.25, -0.2) is 4.79 Å². The second-order valence-corrected chi connectivity index (χ2v) is 2.51. The molecule has 0 spiro atoms. The lowest BCUT2D eigenvalue weighted by Gasteiger charge is -1.88. The largest absolute Gasteiger partial charge is 0.392 e. The zero-order valence-electron chi connectivity index (χ0n) is 10.3. The molecule has 0 fully saturated rings. The number of aromatic nitrogens is 3. The maximum atomic E-state index is 9.00. The van der Waals surface area contributed by atoms with E-state index in [1.54, 1.807) is 6.07 Å². The lowest BCUT2D eigenvalue weighted by atomic mass is 10.4. The van der Waals surface area contributed by atoms with Crippen molar-refractivity contribution in [3.8, 4) is 0 Å². The Morgan fingerprint density at radius 3 is 1.79 bits per heavy atom. The molecule has 1 aromatic heterocycles. The monoisotopic (exact) mass is 274 g/mol. The molecule has 0 aromatic carbocycles. The number of aliphatic hydroxyl groups excluding tert-OH is 2. The van der Waals surface area contributed by atoms with Crippen LogP contribution in [0.3, 0.4) is 0 Å². The van der Waals surface area contributed by atoms with Crippen LogP contribution in [-0.2, 0) is 4.79 Å². The molecule has 1 aromatic rings. The van der Waals surface area contributed by atoms with E-state index in [2.05, 4.69) is 33.5 Å². The molecule has 1 heterocycles. The molecule has 10 heteroatoms. The van der Waals surface area contributed by atoms with Crippen molar-refractivity contribution in [2.24, 2.45) is 11.5 Å². The molecule has 8 N–H and O–H groups in total. The van der Waals surface area contributed by atoms with Gasteiger partial charge in [0.15, 0.2) is 0 Å². The average Bonchev–Trinajstić information content (AvgIpc) is 2.41. The predicted molar refractivity (Wildman–Crippen MR) is 68.4 cm³/mol. The molecule has 1 rings (SSSR count). The summed E-state index contributed by atoms with van der Waals surface area (Å²) < 4.78 is 0. The third-order valence-corrected chi connectivity index (χ3v) is 0.971. The molecule has 0 saturated carbocycles. The Balaban J connectivity index is -0.000000196. The fourth-order valence-electron chi connectivity index (χ4n) is 0.300. The van der Waals surface area contributed by atoms with Crippen molar-refractivity contribution in [2.45, 2.75) is 0 Å². The van der Waals surface area contributed by atoms with E-state index in [-0.39, 0.29) is 13.2 Å². The van der Waals surface area contributed by atoms with Crippen LogP contribution in [0.15, 0.2) is 24.4 Å². The first-order chi connectivity index (χ1) is 8.93. The summed E-state index contributed by atoms with van der Waals surface area (Å²) in [6.45, 7) is 5.06. The summed E-state index contributed by atoms with van der Waals surface area (Å²) in [5.41, 5.74) is 14.1. The summed E-state index contributed by atoms with van der Waals surface area (Å²) in [6.07, 6.45) is 1.49. The van der Waals surface area contributed by atoms with Crippen LogP contribution in [0.5, 0.6) is 0 Å². The van der Waals surface area contributed by atoms with Gasteiger partial charge in [-0.3, -0.25) is 0 Å². The molecule has 2 amide bonds. The number of anilines is 1. The number of amides is 2. The molecule has 108 valence electrons. The smallest absolute Gasteiger partial charge is 0.309 e. The van der Waals surface area contributed by atoms with Crippen LogP contribution < -0.4 is 17.2 Å². The number of aliphatic hydroxyl groups is 2. The Morgan fingerprint density at radius 2 is 1.68 bits per heavy atom.